The number of anilines is 1. The number of carbonyl (C=O) groups excluding carboxylic acids is 1. The average molecular weight is 406 g/mol. The second kappa shape index (κ2) is 8.85. The van der Waals surface area contributed by atoms with E-state index in [0.29, 0.717) is 24.3 Å². The summed E-state index contributed by atoms with van der Waals surface area (Å²) < 4.78 is 82.1. The van der Waals surface area contributed by atoms with Crippen LogP contribution in [0.4, 0.5) is 36.8 Å². The minimum absolute atomic E-state index is 0.00992. The van der Waals surface area contributed by atoms with Crippen LogP contribution in [0, 0.1) is 0 Å². The first-order valence-electron chi connectivity index (χ1n) is 8.08. The fraction of sp³-hybridized carbons (Fsp3) is 0.278. The number of benzene rings is 2. The molecule has 0 aliphatic rings. The number of alkyl halides is 6. The lowest BCUT2D eigenvalue weighted by Crippen LogP contribution is -2.30. The Labute approximate surface area is 156 Å². The van der Waals surface area contributed by atoms with E-state index < -0.39 is 35.2 Å². The Morgan fingerprint density at radius 3 is 2.00 bits per heavy atom. The predicted molar refractivity (Wildman–Crippen MR) is 90.0 cm³/mol. The highest BCUT2D eigenvalue weighted by Crippen LogP contribution is 2.37. The maximum atomic E-state index is 12.8. The van der Waals surface area contributed by atoms with Gasteiger partial charge in [0.25, 0.3) is 0 Å². The van der Waals surface area contributed by atoms with Gasteiger partial charge in [-0.1, -0.05) is 18.2 Å². The van der Waals surface area contributed by atoms with Gasteiger partial charge in [0, 0.05) is 12.2 Å². The monoisotopic (exact) mass is 406 g/mol. The number of halogens is 6. The Morgan fingerprint density at radius 1 is 0.893 bits per heavy atom. The van der Waals surface area contributed by atoms with E-state index >= 15 is 0 Å². The summed E-state index contributed by atoms with van der Waals surface area (Å²) in [5, 5.41) is 4.33. The molecule has 2 N–H and O–H groups in total. The number of hydrogen-bond acceptors (Lipinski definition) is 2. The SMILES string of the molecule is O=C(NCCCOc1ccccc1)Nc1cc(C(F)(F)F)cc(C(F)(F)F)c1. The van der Waals surface area contributed by atoms with Gasteiger partial charge in [-0.05, 0) is 36.8 Å². The summed E-state index contributed by atoms with van der Waals surface area (Å²) in [4.78, 5) is 11.7. The lowest BCUT2D eigenvalue weighted by molar-refractivity contribution is -0.143. The Hall–Kier alpha value is -2.91. The fourth-order valence-electron chi connectivity index (χ4n) is 2.18. The van der Waals surface area contributed by atoms with Gasteiger partial charge in [-0.15, -0.1) is 0 Å². The van der Waals surface area contributed by atoms with Gasteiger partial charge in [0.05, 0.1) is 17.7 Å². The van der Waals surface area contributed by atoms with Gasteiger partial charge in [-0.3, -0.25) is 0 Å². The highest BCUT2D eigenvalue weighted by molar-refractivity contribution is 5.89. The summed E-state index contributed by atoms with van der Waals surface area (Å²) >= 11 is 0. The van der Waals surface area contributed by atoms with Gasteiger partial charge in [0.2, 0.25) is 0 Å². The van der Waals surface area contributed by atoms with Crippen molar-refractivity contribution in [2.24, 2.45) is 0 Å². The molecule has 0 radical (unpaired) electrons. The zero-order valence-electron chi connectivity index (χ0n) is 14.3. The normalized spacial score (nSPS) is 11.8. The summed E-state index contributed by atoms with van der Waals surface area (Å²) in [5.74, 6) is 0.635. The highest BCUT2D eigenvalue weighted by Gasteiger charge is 2.37. The quantitative estimate of drug-likeness (QED) is 0.504. The smallest absolute Gasteiger partial charge is 0.416 e. The number of carbonyl (C=O) groups is 1. The summed E-state index contributed by atoms with van der Waals surface area (Å²) in [6, 6.07) is 8.81. The molecule has 10 heteroatoms. The molecule has 0 saturated heterocycles. The standard InChI is InChI=1S/C18H16F6N2O2/c19-17(20,21)12-9-13(18(22,23)24)11-14(10-12)26-16(27)25-7-4-8-28-15-5-2-1-3-6-15/h1-3,5-6,9-11H,4,7-8H2,(H2,25,26,27). The number of urea groups is 1. The third kappa shape index (κ3) is 6.67. The number of rotatable bonds is 6. The minimum atomic E-state index is -4.98. The van der Waals surface area contributed by atoms with Gasteiger partial charge in [0.15, 0.2) is 0 Å². The second-order valence-electron chi connectivity index (χ2n) is 5.69. The fourth-order valence-corrected chi connectivity index (χ4v) is 2.18. The Balaban J connectivity index is 1.90. The molecule has 152 valence electrons. The maximum absolute atomic E-state index is 12.8. The molecule has 0 spiro atoms. The van der Waals surface area contributed by atoms with E-state index in [1.165, 1.54) is 0 Å². The second-order valence-corrected chi connectivity index (χ2v) is 5.69. The van der Waals surface area contributed by atoms with E-state index in [-0.39, 0.29) is 19.2 Å². The Bertz CT molecular complexity index is 759. The molecule has 0 aliphatic heterocycles. The van der Waals surface area contributed by atoms with Crippen LogP contribution in [0.2, 0.25) is 0 Å². The molecule has 0 atom stereocenters. The number of nitrogens with one attached hydrogen (secondary N) is 2. The molecule has 0 bridgehead atoms. The summed E-state index contributed by atoms with van der Waals surface area (Å²) in [6.45, 7) is 0.385. The van der Waals surface area contributed by atoms with Crippen molar-refractivity contribution < 1.29 is 35.9 Å². The third-order valence-corrected chi connectivity index (χ3v) is 3.46. The molecule has 2 aromatic carbocycles. The number of hydrogen-bond donors (Lipinski definition) is 2. The first-order valence-corrected chi connectivity index (χ1v) is 8.08. The van der Waals surface area contributed by atoms with Crippen molar-refractivity contribution in [3.63, 3.8) is 0 Å². The zero-order valence-corrected chi connectivity index (χ0v) is 14.3. The van der Waals surface area contributed by atoms with E-state index in [1.807, 2.05) is 11.4 Å². The summed E-state index contributed by atoms with van der Waals surface area (Å²) in [6.07, 6.45) is -9.58. The first-order chi connectivity index (χ1) is 13.1. The van der Waals surface area contributed by atoms with Crippen LogP contribution >= 0.6 is 0 Å². The lowest BCUT2D eigenvalue weighted by atomic mass is 10.1. The van der Waals surface area contributed by atoms with Crippen molar-refractivity contribution in [3.8, 4) is 5.75 Å². The van der Waals surface area contributed by atoms with Crippen molar-refractivity contribution in [3.05, 3.63) is 59.7 Å². The molecular formula is C18H16F6N2O2. The van der Waals surface area contributed by atoms with Gasteiger partial charge < -0.3 is 15.4 Å². The van der Waals surface area contributed by atoms with E-state index in [1.54, 1.807) is 24.3 Å². The Kier molecular flexibility index (Phi) is 6.76. The van der Waals surface area contributed by atoms with Crippen molar-refractivity contribution in [2.45, 2.75) is 18.8 Å². The highest BCUT2D eigenvalue weighted by atomic mass is 19.4. The van der Waals surface area contributed by atoms with Gasteiger partial charge in [-0.2, -0.15) is 26.3 Å². The maximum Gasteiger partial charge on any atom is 0.416 e. The predicted octanol–water partition coefficient (Wildman–Crippen LogP) is 5.31. The molecule has 4 nitrogen and oxygen atoms in total. The molecule has 0 fully saturated rings. The van der Waals surface area contributed by atoms with Crippen LogP contribution in [0.5, 0.6) is 5.75 Å². The van der Waals surface area contributed by atoms with E-state index in [9.17, 15) is 31.1 Å². The first kappa shape index (κ1) is 21.4. The average Bonchev–Trinajstić information content (AvgIpc) is 2.60. The van der Waals surface area contributed by atoms with Crippen molar-refractivity contribution in [2.75, 3.05) is 18.5 Å². The molecule has 0 aliphatic carbocycles. The van der Waals surface area contributed by atoms with Gasteiger partial charge in [0.1, 0.15) is 5.75 Å². The van der Waals surface area contributed by atoms with E-state index in [2.05, 4.69) is 5.32 Å². The molecule has 2 rings (SSSR count). The number of ether oxygens (including phenoxy) is 1. The van der Waals surface area contributed by atoms with Gasteiger partial charge >= 0.3 is 18.4 Å². The topological polar surface area (TPSA) is 50.4 Å². The molecule has 0 aromatic heterocycles. The van der Waals surface area contributed by atoms with Crippen molar-refractivity contribution >= 4 is 11.7 Å². The van der Waals surface area contributed by atoms with Gasteiger partial charge in [-0.25, -0.2) is 4.79 Å². The number of amides is 2. The zero-order chi connectivity index (χ0) is 20.8. The van der Waals surface area contributed by atoms with Crippen LogP contribution in [0.3, 0.4) is 0 Å². The molecule has 2 aromatic rings. The third-order valence-electron chi connectivity index (χ3n) is 3.46. The van der Waals surface area contributed by atoms with Crippen molar-refractivity contribution in [1.82, 2.24) is 5.32 Å². The molecule has 2 amide bonds. The van der Waals surface area contributed by atoms with E-state index in [4.69, 9.17) is 4.74 Å². The van der Waals surface area contributed by atoms with Crippen molar-refractivity contribution in [1.29, 1.82) is 0 Å². The van der Waals surface area contributed by atoms with Crippen LogP contribution in [0.1, 0.15) is 17.5 Å². The molecule has 0 unspecified atom stereocenters. The molecular weight excluding hydrogens is 390 g/mol. The van der Waals surface area contributed by atoms with E-state index in [0.717, 1.165) is 0 Å². The minimum Gasteiger partial charge on any atom is -0.494 e. The van der Waals surface area contributed by atoms with Crippen LogP contribution in [-0.2, 0) is 12.4 Å². The number of para-hydroxylation sites is 1. The van der Waals surface area contributed by atoms with Crippen LogP contribution in [0.25, 0.3) is 0 Å². The summed E-state index contributed by atoms with van der Waals surface area (Å²) in [7, 11) is 0. The largest absolute Gasteiger partial charge is 0.494 e. The van der Waals surface area contributed by atoms with Crippen LogP contribution < -0.4 is 15.4 Å². The molecule has 0 heterocycles. The summed E-state index contributed by atoms with van der Waals surface area (Å²) in [5.41, 5.74) is -3.62. The Morgan fingerprint density at radius 2 is 1.46 bits per heavy atom. The van der Waals surface area contributed by atoms with Crippen LogP contribution in [0.15, 0.2) is 48.5 Å². The lowest BCUT2D eigenvalue weighted by Gasteiger charge is -2.15. The van der Waals surface area contributed by atoms with Crippen LogP contribution in [-0.4, -0.2) is 19.2 Å². The molecule has 28 heavy (non-hydrogen) atoms. The molecule has 0 saturated carbocycles.